The molecule has 0 fully saturated rings. The molecule has 0 bridgehead atoms. The van der Waals surface area contributed by atoms with E-state index in [4.69, 9.17) is 16.7 Å². The fourth-order valence-corrected chi connectivity index (χ4v) is 2.72. The lowest BCUT2D eigenvalue weighted by Gasteiger charge is -2.14. The molecule has 120 valence electrons. The third-order valence-corrected chi connectivity index (χ3v) is 3.70. The van der Waals surface area contributed by atoms with Gasteiger partial charge in [0.25, 0.3) is 0 Å². The summed E-state index contributed by atoms with van der Waals surface area (Å²) < 4.78 is 1.47. The summed E-state index contributed by atoms with van der Waals surface area (Å²) in [4.78, 5) is 13.9. The molecule has 7 nitrogen and oxygen atoms in total. The maximum Gasteiger partial charge on any atom is 0.409 e. The van der Waals surface area contributed by atoms with Crippen LogP contribution < -0.4 is 5.32 Å². The molecule has 0 aliphatic carbocycles. The topological polar surface area (TPSA) is 95.3 Å². The Kier molecular flexibility index (Phi) is 3.52. The van der Waals surface area contributed by atoms with Crippen LogP contribution in [0.5, 0.6) is 0 Å². The first-order valence-electron chi connectivity index (χ1n) is 7.01. The van der Waals surface area contributed by atoms with E-state index in [0.717, 1.165) is 11.3 Å². The lowest BCUT2D eigenvalue weighted by Crippen LogP contribution is -2.13. The SMILES string of the molecule is CC(C)(C)c1nn2nc(-c3cccc(NC(=O)O)c3)[nH]c2c1Cl. The minimum atomic E-state index is -1.12. The van der Waals surface area contributed by atoms with E-state index in [1.165, 1.54) is 4.63 Å². The average molecular weight is 334 g/mol. The number of aromatic nitrogens is 4. The Morgan fingerprint density at radius 3 is 2.70 bits per heavy atom. The van der Waals surface area contributed by atoms with E-state index in [0.29, 0.717) is 22.2 Å². The fourth-order valence-electron chi connectivity index (χ4n) is 2.27. The Morgan fingerprint density at radius 1 is 1.35 bits per heavy atom. The van der Waals surface area contributed by atoms with Crippen LogP contribution in [0.1, 0.15) is 26.5 Å². The summed E-state index contributed by atoms with van der Waals surface area (Å²) >= 11 is 6.40. The Bertz CT molecular complexity index is 891. The minimum Gasteiger partial charge on any atom is -0.465 e. The molecule has 2 aromatic heterocycles. The first-order chi connectivity index (χ1) is 10.8. The van der Waals surface area contributed by atoms with Gasteiger partial charge in [0.2, 0.25) is 0 Å². The summed E-state index contributed by atoms with van der Waals surface area (Å²) in [6.07, 6.45) is -1.12. The van der Waals surface area contributed by atoms with Gasteiger partial charge in [-0.25, -0.2) is 4.79 Å². The number of anilines is 1. The molecule has 3 N–H and O–H groups in total. The predicted octanol–water partition coefficient (Wildman–Crippen LogP) is 3.77. The van der Waals surface area contributed by atoms with Crippen molar-refractivity contribution < 1.29 is 9.90 Å². The standard InChI is InChI=1S/C15H16ClN5O2/c1-15(2,3)11-10(16)13-18-12(20-21(13)19-11)8-5-4-6-9(7-8)17-14(22)23/h4-7,17H,1-3H3,(H,18,20)(H,22,23). The molecule has 1 aromatic carbocycles. The smallest absolute Gasteiger partial charge is 0.409 e. The van der Waals surface area contributed by atoms with Crippen LogP contribution in [-0.4, -0.2) is 31.0 Å². The fraction of sp³-hybridized carbons (Fsp3) is 0.267. The highest BCUT2D eigenvalue weighted by Crippen LogP contribution is 2.32. The van der Waals surface area contributed by atoms with Crippen LogP contribution in [0.15, 0.2) is 24.3 Å². The number of nitrogens with zero attached hydrogens (tertiary/aromatic N) is 3. The van der Waals surface area contributed by atoms with Gasteiger partial charge in [-0.2, -0.15) is 5.10 Å². The van der Waals surface area contributed by atoms with E-state index in [1.54, 1.807) is 18.2 Å². The van der Waals surface area contributed by atoms with E-state index >= 15 is 0 Å². The molecule has 0 spiro atoms. The summed E-state index contributed by atoms with van der Waals surface area (Å²) in [6, 6.07) is 6.92. The zero-order chi connectivity index (χ0) is 16.8. The van der Waals surface area contributed by atoms with Crippen LogP contribution in [0.3, 0.4) is 0 Å². The van der Waals surface area contributed by atoms with Gasteiger partial charge in [0.05, 0.1) is 5.69 Å². The number of benzene rings is 1. The molecule has 3 aromatic rings. The van der Waals surface area contributed by atoms with Crippen LogP contribution in [0, 0.1) is 0 Å². The van der Waals surface area contributed by atoms with Crippen molar-refractivity contribution in [2.75, 3.05) is 5.32 Å². The highest BCUT2D eigenvalue weighted by Gasteiger charge is 2.25. The summed E-state index contributed by atoms with van der Waals surface area (Å²) in [7, 11) is 0. The van der Waals surface area contributed by atoms with Crippen molar-refractivity contribution in [1.82, 2.24) is 19.8 Å². The molecule has 0 radical (unpaired) electrons. The average Bonchev–Trinajstić information content (AvgIpc) is 2.98. The van der Waals surface area contributed by atoms with Gasteiger partial charge in [0, 0.05) is 16.7 Å². The number of amides is 1. The molecular formula is C15H16ClN5O2. The summed E-state index contributed by atoms with van der Waals surface area (Å²) in [5, 5.41) is 20.5. The Labute approximate surface area is 137 Å². The van der Waals surface area contributed by atoms with E-state index in [2.05, 4.69) is 20.5 Å². The molecule has 1 amide bonds. The number of nitrogens with one attached hydrogen (secondary N) is 2. The number of halogens is 1. The van der Waals surface area contributed by atoms with Gasteiger partial charge in [-0.3, -0.25) is 5.32 Å². The van der Waals surface area contributed by atoms with Crippen molar-refractivity contribution in [3.8, 4) is 11.4 Å². The molecule has 3 rings (SSSR count). The number of aromatic amines is 1. The van der Waals surface area contributed by atoms with Crippen LogP contribution in [0.4, 0.5) is 10.5 Å². The van der Waals surface area contributed by atoms with E-state index in [-0.39, 0.29) is 5.41 Å². The molecule has 0 saturated carbocycles. The van der Waals surface area contributed by atoms with Crippen LogP contribution in [-0.2, 0) is 5.41 Å². The Hall–Kier alpha value is -2.54. The van der Waals surface area contributed by atoms with Crippen LogP contribution in [0.25, 0.3) is 17.0 Å². The number of fused-ring (bicyclic) bond motifs is 1. The van der Waals surface area contributed by atoms with Crippen molar-refractivity contribution in [3.05, 3.63) is 35.0 Å². The molecular weight excluding hydrogens is 318 g/mol. The summed E-state index contributed by atoms with van der Waals surface area (Å²) in [5.74, 6) is 0.559. The number of carboxylic acid groups (broad SMARTS) is 1. The summed E-state index contributed by atoms with van der Waals surface area (Å²) in [6.45, 7) is 6.09. The normalized spacial score (nSPS) is 11.8. The monoisotopic (exact) mass is 333 g/mol. The number of hydrogen-bond acceptors (Lipinski definition) is 3. The molecule has 0 aliphatic heterocycles. The van der Waals surface area contributed by atoms with Crippen molar-refractivity contribution in [1.29, 1.82) is 0 Å². The van der Waals surface area contributed by atoms with E-state index < -0.39 is 6.09 Å². The van der Waals surface area contributed by atoms with Crippen molar-refractivity contribution >= 4 is 29.0 Å². The maximum atomic E-state index is 10.7. The number of H-pyrrole nitrogens is 1. The zero-order valence-electron chi connectivity index (χ0n) is 12.9. The molecule has 0 aliphatic rings. The quantitative estimate of drug-likeness (QED) is 0.665. The second-order valence-electron chi connectivity index (χ2n) is 6.24. The molecule has 2 heterocycles. The van der Waals surface area contributed by atoms with Gasteiger partial charge in [-0.15, -0.1) is 9.73 Å². The van der Waals surface area contributed by atoms with Gasteiger partial charge < -0.3 is 10.1 Å². The second kappa shape index (κ2) is 5.27. The minimum absolute atomic E-state index is 0.183. The van der Waals surface area contributed by atoms with Gasteiger partial charge in [0.15, 0.2) is 11.5 Å². The number of rotatable bonds is 2. The van der Waals surface area contributed by atoms with Crippen molar-refractivity contribution in [3.63, 3.8) is 0 Å². The van der Waals surface area contributed by atoms with Crippen molar-refractivity contribution in [2.45, 2.75) is 26.2 Å². The van der Waals surface area contributed by atoms with Gasteiger partial charge in [0.1, 0.15) is 5.02 Å². The van der Waals surface area contributed by atoms with Crippen LogP contribution in [0.2, 0.25) is 5.02 Å². The molecule has 0 saturated heterocycles. The lowest BCUT2D eigenvalue weighted by molar-refractivity contribution is 0.210. The third-order valence-electron chi connectivity index (χ3n) is 3.34. The molecule has 23 heavy (non-hydrogen) atoms. The maximum absolute atomic E-state index is 10.7. The van der Waals surface area contributed by atoms with E-state index in [1.807, 2.05) is 26.8 Å². The second-order valence-corrected chi connectivity index (χ2v) is 6.61. The van der Waals surface area contributed by atoms with Gasteiger partial charge >= 0.3 is 6.09 Å². The lowest BCUT2D eigenvalue weighted by atomic mass is 9.92. The third kappa shape index (κ3) is 2.87. The first kappa shape index (κ1) is 15.4. The van der Waals surface area contributed by atoms with Gasteiger partial charge in [-0.1, -0.05) is 44.5 Å². The Balaban J connectivity index is 2.03. The highest BCUT2D eigenvalue weighted by atomic mass is 35.5. The molecule has 0 atom stereocenters. The predicted molar refractivity (Wildman–Crippen MR) is 88.1 cm³/mol. The number of hydrogen-bond donors (Lipinski definition) is 3. The number of carbonyl (C=O) groups is 1. The zero-order valence-corrected chi connectivity index (χ0v) is 13.6. The highest BCUT2D eigenvalue weighted by molar-refractivity contribution is 6.34. The van der Waals surface area contributed by atoms with Gasteiger partial charge in [-0.05, 0) is 12.1 Å². The molecule has 0 unspecified atom stereocenters. The van der Waals surface area contributed by atoms with Crippen LogP contribution >= 0.6 is 11.6 Å². The Morgan fingerprint density at radius 2 is 2.09 bits per heavy atom. The molecule has 8 heteroatoms. The van der Waals surface area contributed by atoms with Crippen molar-refractivity contribution in [2.24, 2.45) is 0 Å². The first-order valence-corrected chi connectivity index (χ1v) is 7.39. The van der Waals surface area contributed by atoms with E-state index in [9.17, 15) is 4.79 Å². The summed E-state index contributed by atoms with van der Waals surface area (Å²) in [5.41, 5.74) is 2.39. The largest absolute Gasteiger partial charge is 0.465 e.